The van der Waals surface area contributed by atoms with Crippen LogP contribution in [0.4, 0.5) is 4.79 Å². The van der Waals surface area contributed by atoms with Crippen molar-refractivity contribution in [3.63, 3.8) is 0 Å². The summed E-state index contributed by atoms with van der Waals surface area (Å²) in [5.41, 5.74) is 4.46. The van der Waals surface area contributed by atoms with Crippen molar-refractivity contribution in [1.29, 1.82) is 0 Å². The van der Waals surface area contributed by atoms with Gasteiger partial charge in [0.1, 0.15) is 6.61 Å². The van der Waals surface area contributed by atoms with E-state index in [2.05, 4.69) is 10.5 Å². The van der Waals surface area contributed by atoms with E-state index in [1.165, 1.54) is 0 Å². The Morgan fingerprint density at radius 3 is 2.33 bits per heavy atom. The molecule has 0 aromatic carbocycles. The third-order valence-electron chi connectivity index (χ3n) is 0.375. The van der Waals surface area contributed by atoms with E-state index in [9.17, 15) is 4.79 Å². The molecule has 1 amide bonds. The van der Waals surface area contributed by atoms with Gasteiger partial charge in [-0.25, -0.2) is 4.79 Å². The van der Waals surface area contributed by atoms with E-state index in [0.717, 1.165) is 0 Å². The zero-order valence-corrected chi connectivity index (χ0v) is 8.20. The zero-order valence-electron chi connectivity index (χ0n) is 6.07. The number of carbonyl (C=O) groups is 1. The van der Waals surface area contributed by atoms with Gasteiger partial charge >= 0.3 is 57.5 Å². The molecule has 0 radical (unpaired) electrons. The molecule has 0 aliphatic heterocycles. The minimum Gasteiger partial charge on any atom is -1.00 e. The van der Waals surface area contributed by atoms with Crippen molar-refractivity contribution in [2.24, 2.45) is 5.73 Å². The molecule has 0 aliphatic carbocycles. The summed E-state index contributed by atoms with van der Waals surface area (Å²) in [5, 5.41) is 16.0. The number of primary amides is 1. The largest absolute Gasteiger partial charge is 1.00 e. The maximum atomic E-state index is 9.68. The van der Waals surface area contributed by atoms with Gasteiger partial charge in [0.25, 0.3) is 0 Å². The van der Waals surface area contributed by atoms with Crippen molar-refractivity contribution in [3.05, 3.63) is 0 Å². The van der Waals surface area contributed by atoms with Crippen molar-refractivity contribution in [2.75, 3.05) is 6.61 Å². The van der Waals surface area contributed by atoms with Gasteiger partial charge in [0.15, 0.2) is 6.29 Å². The Hall–Kier alpha value is 0.826. The van der Waals surface area contributed by atoms with Crippen LogP contribution < -0.4 is 57.1 Å². The number of amides is 1. The van der Waals surface area contributed by atoms with E-state index in [1.807, 2.05) is 0 Å². The van der Waals surface area contributed by atoms with Gasteiger partial charge in [-0.3, -0.25) is 0 Å². The predicted octanol–water partition coefficient (Wildman–Crippen LogP) is -4.49. The summed E-state index contributed by atoms with van der Waals surface area (Å²) in [7, 11) is 0. The van der Waals surface area contributed by atoms with Crippen LogP contribution in [0.25, 0.3) is 0 Å². The van der Waals surface area contributed by atoms with Gasteiger partial charge in [-0.1, -0.05) is 0 Å². The molecule has 50 valence electrons. The van der Waals surface area contributed by atoms with E-state index < -0.39 is 19.0 Å². The van der Waals surface area contributed by atoms with Crippen LogP contribution in [0.3, 0.4) is 0 Å². The van der Waals surface area contributed by atoms with Gasteiger partial charge in [0.05, 0.1) is 0 Å². The minimum atomic E-state index is -1.64. The molecule has 4 N–H and O–H groups in total. The first-order valence-corrected chi connectivity index (χ1v) is 1.91. The SMILES string of the molecule is NC(=O)OCC(O)O.[H-].[K+]. The average Bonchev–Trinajstić information content (AvgIpc) is 1.61. The second kappa shape index (κ2) is 6.94. The van der Waals surface area contributed by atoms with Crippen LogP contribution in [0.2, 0.25) is 0 Å². The fourth-order valence-corrected chi connectivity index (χ4v) is 0.157. The molecule has 0 spiro atoms. The van der Waals surface area contributed by atoms with Crippen LogP contribution >= 0.6 is 0 Å². The standard InChI is InChI=1S/C3H7NO4.K.H/c4-3(7)8-1-2(5)6;;/h2,5-6H,1H2,(H2,4,7);;/q;+1;-1. The van der Waals surface area contributed by atoms with Gasteiger partial charge in [0, 0.05) is 0 Å². The van der Waals surface area contributed by atoms with Crippen LogP contribution in [-0.2, 0) is 4.74 Å². The van der Waals surface area contributed by atoms with Gasteiger partial charge in [-0.05, 0) is 0 Å². The maximum Gasteiger partial charge on any atom is 1.00 e. The Kier molecular flexibility index (Phi) is 9.64. The molecular weight excluding hydrogens is 153 g/mol. The van der Waals surface area contributed by atoms with Crippen molar-refractivity contribution in [3.8, 4) is 0 Å². The first kappa shape index (κ1) is 12.5. The molecule has 0 saturated carbocycles. The topological polar surface area (TPSA) is 92.8 Å². The number of ether oxygens (including phenoxy) is 1. The average molecular weight is 161 g/mol. The summed E-state index contributed by atoms with van der Waals surface area (Å²) in [6, 6.07) is 0. The Balaban J connectivity index is -0.000000245. The molecule has 6 heteroatoms. The number of nitrogens with two attached hydrogens (primary N) is 1. The molecule has 0 atom stereocenters. The first-order valence-electron chi connectivity index (χ1n) is 1.91. The molecule has 0 bridgehead atoms. The van der Waals surface area contributed by atoms with E-state index in [-0.39, 0.29) is 52.8 Å². The molecule has 0 saturated heterocycles. The molecule has 0 aliphatic rings. The van der Waals surface area contributed by atoms with Crippen molar-refractivity contribution in [1.82, 2.24) is 0 Å². The molecule has 0 heterocycles. The van der Waals surface area contributed by atoms with Crippen LogP contribution in [0.15, 0.2) is 0 Å². The smallest absolute Gasteiger partial charge is 1.00 e. The summed E-state index contributed by atoms with van der Waals surface area (Å²) in [6.45, 7) is -0.477. The zero-order chi connectivity index (χ0) is 6.57. The van der Waals surface area contributed by atoms with E-state index in [1.54, 1.807) is 0 Å². The van der Waals surface area contributed by atoms with Crippen LogP contribution in [0.5, 0.6) is 0 Å². The number of hydrogen-bond donors (Lipinski definition) is 3. The molecule has 0 aromatic rings. The fourth-order valence-electron chi connectivity index (χ4n) is 0.157. The fraction of sp³-hybridized carbons (Fsp3) is 0.667. The van der Waals surface area contributed by atoms with E-state index >= 15 is 0 Å². The molecule has 9 heavy (non-hydrogen) atoms. The van der Waals surface area contributed by atoms with Crippen molar-refractivity contribution in [2.45, 2.75) is 6.29 Å². The van der Waals surface area contributed by atoms with Gasteiger partial charge < -0.3 is 22.1 Å². The van der Waals surface area contributed by atoms with Gasteiger partial charge in [-0.15, -0.1) is 0 Å². The van der Waals surface area contributed by atoms with Gasteiger partial charge in [0.2, 0.25) is 0 Å². The molecule has 0 aromatic heterocycles. The molecule has 5 nitrogen and oxygen atoms in total. The Bertz CT molecular complexity index is 90.6. The van der Waals surface area contributed by atoms with Crippen LogP contribution in [-0.4, -0.2) is 29.2 Å². The number of hydrogen-bond acceptors (Lipinski definition) is 4. The molecule has 0 fully saturated rings. The Morgan fingerprint density at radius 2 is 2.22 bits per heavy atom. The van der Waals surface area contributed by atoms with E-state index in [0.29, 0.717) is 0 Å². The second-order valence-corrected chi connectivity index (χ2v) is 1.11. The second-order valence-electron chi connectivity index (χ2n) is 1.11. The third kappa shape index (κ3) is 12.1. The summed E-state index contributed by atoms with van der Waals surface area (Å²) in [6.07, 6.45) is -2.65. The Morgan fingerprint density at radius 1 is 1.78 bits per heavy atom. The number of aliphatic hydroxyl groups is 2. The summed E-state index contributed by atoms with van der Waals surface area (Å²) >= 11 is 0. The number of rotatable bonds is 2. The summed E-state index contributed by atoms with van der Waals surface area (Å²) < 4.78 is 3.94. The first-order chi connectivity index (χ1) is 3.63. The quantitative estimate of drug-likeness (QED) is 0.281. The molecular formula is C3H8KNO4. The maximum absolute atomic E-state index is 9.68. The van der Waals surface area contributed by atoms with E-state index in [4.69, 9.17) is 10.2 Å². The van der Waals surface area contributed by atoms with Gasteiger partial charge in [-0.2, -0.15) is 0 Å². The normalized spacial score (nSPS) is 8.33. The Labute approximate surface area is 96.1 Å². The van der Waals surface area contributed by atoms with Crippen LogP contribution in [0.1, 0.15) is 1.43 Å². The minimum absolute atomic E-state index is 0. The molecule has 0 rings (SSSR count). The van der Waals surface area contributed by atoms with Crippen molar-refractivity contribution >= 4 is 6.09 Å². The summed E-state index contributed by atoms with van der Waals surface area (Å²) in [4.78, 5) is 9.68. The number of aliphatic hydroxyl groups excluding tert-OH is 1. The van der Waals surface area contributed by atoms with Crippen LogP contribution in [0, 0.1) is 0 Å². The number of carbonyl (C=O) groups excluding carboxylic acids is 1. The monoisotopic (exact) mass is 161 g/mol. The van der Waals surface area contributed by atoms with Crippen molar-refractivity contribution < 1.29 is 72.6 Å². The predicted molar refractivity (Wildman–Crippen MR) is 24.9 cm³/mol. The third-order valence-corrected chi connectivity index (χ3v) is 0.375. The summed E-state index contributed by atoms with van der Waals surface area (Å²) in [5.74, 6) is 0. The molecule has 0 unspecified atom stereocenters.